The van der Waals surface area contributed by atoms with E-state index in [9.17, 15) is 8.42 Å². The second-order valence-corrected chi connectivity index (χ2v) is 6.71. The first kappa shape index (κ1) is 13.8. The van der Waals surface area contributed by atoms with Gasteiger partial charge in [-0.2, -0.15) is 4.31 Å². The molecule has 0 atom stereocenters. The highest BCUT2D eigenvalue weighted by Crippen LogP contribution is 2.22. The number of halogens is 1. The molecule has 0 aliphatic carbocycles. The first-order chi connectivity index (χ1) is 8.55. The summed E-state index contributed by atoms with van der Waals surface area (Å²) in [5.74, 6) is 0. The lowest BCUT2D eigenvalue weighted by Crippen LogP contribution is -2.58. The molecule has 0 aromatic heterocycles. The number of nitrogens with one attached hydrogen (secondary N) is 1. The quantitative estimate of drug-likeness (QED) is 0.897. The largest absolute Gasteiger partial charge is 0.313 e. The molecule has 1 aliphatic rings. The minimum Gasteiger partial charge on any atom is -0.313 e. The number of rotatable bonds is 5. The predicted molar refractivity (Wildman–Crippen MR) is 72.3 cm³/mol. The average Bonchev–Trinajstić information content (AvgIpc) is 2.26. The lowest BCUT2D eigenvalue weighted by atomic mass is 10.2. The highest BCUT2D eigenvalue weighted by Gasteiger charge is 2.33. The van der Waals surface area contributed by atoms with Gasteiger partial charge in [0.15, 0.2) is 0 Å². The SMILES string of the molecule is CCCN(C1CNC1)S(=O)(=O)c1ccc(Cl)cc1. The summed E-state index contributed by atoms with van der Waals surface area (Å²) in [4.78, 5) is 0.312. The van der Waals surface area contributed by atoms with Crippen molar-refractivity contribution in [1.82, 2.24) is 9.62 Å². The zero-order chi connectivity index (χ0) is 13.2. The fourth-order valence-corrected chi connectivity index (χ4v) is 3.78. The molecule has 0 radical (unpaired) electrons. The lowest BCUT2D eigenvalue weighted by Gasteiger charge is -2.37. The summed E-state index contributed by atoms with van der Waals surface area (Å²) in [7, 11) is -3.41. The number of hydrogen-bond acceptors (Lipinski definition) is 3. The average molecular weight is 289 g/mol. The Morgan fingerprint density at radius 1 is 1.33 bits per heavy atom. The van der Waals surface area contributed by atoms with Gasteiger partial charge in [0.25, 0.3) is 0 Å². The summed E-state index contributed by atoms with van der Waals surface area (Å²) in [6, 6.07) is 6.42. The van der Waals surface area contributed by atoms with E-state index >= 15 is 0 Å². The molecule has 1 aromatic carbocycles. The van der Waals surface area contributed by atoms with Crippen LogP contribution in [0.25, 0.3) is 0 Å². The van der Waals surface area contributed by atoms with Crippen molar-refractivity contribution < 1.29 is 8.42 Å². The second-order valence-electron chi connectivity index (χ2n) is 4.38. The van der Waals surface area contributed by atoms with Gasteiger partial charge in [0.2, 0.25) is 10.0 Å². The zero-order valence-corrected chi connectivity index (χ0v) is 11.8. The van der Waals surface area contributed by atoms with Crippen molar-refractivity contribution in [2.45, 2.75) is 24.3 Å². The van der Waals surface area contributed by atoms with Crippen LogP contribution in [0, 0.1) is 0 Å². The molecule has 2 rings (SSSR count). The number of benzene rings is 1. The maximum Gasteiger partial charge on any atom is 0.243 e. The molecule has 1 N–H and O–H groups in total. The van der Waals surface area contributed by atoms with Crippen LogP contribution >= 0.6 is 11.6 Å². The van der Waals surface area contributed by atoms with Gasteiger partial charge in [-0.3, -0.25) is 0 Å². The Labute approximate surface area is 113 Å². The topological polar surface area (TPSA) is 49.4 Å². The van der Waals surface area contributed by atoms with Crippen molar-refractivity contribution in [3.8, 4) is 0 Å². The van der Waals surface area contributed by atoms with Crippen LogP contribution in [0.15, 0.2) is 29.2 Å². The van der Waals surface area contributed by atoms with Crippen molar-refractivity contribution in [1.29, 1.82) is 0 Å². The van der Waals surface area contributed by atoms with Crippen LogP contribution in [0.3, 0.4) is 0 Å². The van der Waals surface area contributed by atoms with E-state index in [1.807, 2.05) is 6.92 Å². The Kier molecular flexibility index (Phi) is 4.27. The van der Waals surface area contributed by atoms with Crippen molar-refractivity contribution in [2.75, 3.05) is 19.6 Å². The molecular weight excluding hydrogens is 272 g/mol. The van der Waals surface area contributed by atoms with Gasteiger partial charge in [0.05, 0.1) is 10.9 Å². The van der Waals surface area contributed by atoms with Crippen LogP contribution in [-0.2, 0) is 10.0 Å². The molecule has 1 aromatic rings. The maximum atomic E-state index is 12.5. The minimum atomic E-state index is -3.41. The number of sulfonamides is 1. The Balaban J connectivity index is 2.29. The Hall–Kier alpha value is -0.620. The third kappa shape index (κ3) is 2.69. The molecule has 0 saturated carbocycles. The molecule has 6 heteroatoms. The van der Waals surface area contributed by atoms with Crippen LogP contribution < -0.4 is 5.32 Å². The van der Waals surface area contributed by atoms with Gasteiger partial charge >= 0.3 is 0 Å². The van der Waals surface area contributed by atoms with E-state index in [1.54, 1.807) is 28.6 Å². The summed E-state index contributed by atoms with van der Waals surface area (Å²) in [5, 5.41) is 3.65. The summed E-state index contributed by atoms with van der Waals surface area (Å²) >= 11 is 5.79. The molecule has 0 bridgehead atoms. The first-order valence-corrected chi connectivity index (χ1v) is 7.85. The van der Waals surface area contributed by atoms with E-state index in [2.05, 4.69) is 5.32 Å². The normalized spacial score (nSPS) is 16.8. The van der Waals surface area contributed by atoms with Crippen molar-refractivity contribution in [3.05, 3.63) is 29.3 Å². The summed E-state index contributed by atoms with van der Waals surface area (Å²) < 4.78 is 26.6. The van der Waals surface area contributed by atoms with E-state index in [-0.39, 0.29) is 6.04 Å². The Bertz CT molecular complexity index is 497. The Morgan fingerprint density at radius 3 is 2.39 bits per heavy atom. The Morgan fingerprint density at radius 2 is 1.94 bits per heavy atom. The van der Waals surface area contributed by atoms with Crippen molar-refractivity contribution in [3.63, 3.8) is 0 Å². The van der Waals surface area contributed by atoms with E-state index in [0.29, 0.717) is 16.5 Å². The third-order valence-corrected chi connectivity index (χ3v) is 5.25. The van der Waals surface area contributed by atoms with E-state index < -0.39 is 10.0 Å². The van der Waals surface area contributed by atoms with E-state index in [1.165, 1.54) is 0 Å². The van der Waals surface area contributed by atoms with E-state index in [4.69, 9.17) is 11.6 Å². The third-order valence-electron chi connectivity index (χ3n) is 3.03. The molecule has 18 heavy (non-hydrogen) atoms. The standard InChI is InChI=1S/C12H17ClN2O2S/c1-2-7-15(11-8-14-9-11)18(16,17)12-5-3-10(13)4-6-12/h3-6,11,14H,2,7-9H2,1H3. The fourth-order valence-electron chi connectivity index (χ4n) is 1.94. The zero-order valence-electron chi connectivity index (χ0n) is 10.3. The molecule has 1 fully saturated rings. The summed E-state index contributed by atoms with van der Waals surface area (Å²) in [5.41, 5.74) is 0. The molecule has 0 unspecified atom stereocenters. The highest BCUT2D eigenvalue weighted by atomic mass is 35.5. The van der Waals surface area contributed by atoms with Crippen LogP contribution in [0.4, 0.5) is 0 Å². The van der Waals surface area contributed by atoms with E-state index in [0.717, 1.165) is 19.5 Å². The van der Waals surface area contributed by atoms with Crippen molar-refractivity contribution in [2.24, 2.45) is 0 Å². The molecule has 4 nitrogen and oxygen atoms in total. The maximum absolute atomic E-state index is 12.5. The molecule has 1 heterocycles. The van der Waals surface area contributed by atoms with Crippen LogP contribution in [0.5, 0.6) is 0 Å². The van der Waals surface area contributed by atoms with Crippen LogP contribution in [-0.4, -0.2) is 38.4 Å². The lowest BCUT2D eigenvalue weighted by molar-refractivity contribution is 0.242. The van der Waals surface area contributed by atoms with Gasteiger partial charge < -0.3 is 5.32 Å². The molecular formula is C12H17ClN2O2S. The van der Waals surface area contributed by atoms with Gasteiger partial charge in [-0.1, -0.05) is 18.5 Å². The molecule has 100 valence electrons. The smallest absolute Gasteiger partial charge is 0.243 e. The second kappa shape index (κ2) is 5.57. The van der Waals surface area contributed by atoms with Gasteiger partial charge in [-0.25, -0.2) is 8.42 Å². The van der Waals surface area contributed by atoms with Crippen LogP contribution in [0.2, 0.25) is 5.02 Å². The molecule has 0 spiro atoms. The molecule has 1 saturated heterocycles. The number of hydrogen-bond donors (Lipinski definition) is 1. The minimum absolute atomic E-state index is 0.0747. The van der Waals surface area contributed by atoms with Crippen LogP contribution in [0.1, 0.15) is 13.3 Å². The highest BCUT2D eigenvalue weighted by molar-refractivity contribution is 7.89. The summed E-state index contributed by atoms with van der Waals surface area (Å²) in [6.07, 6.45) is 0.809. The van der Waals surface area contributed by atoms with Gasteiger partial charge in [0, 0.05) is 24.7 Å². The van der Waals surface area contributed by atoms with Crippen molar-refractivity contribution >= 4 is 21.6 Å². The fraction of sp³-hybridized carbons (Fsp3) is 0.500. The predicted octanol–water partition coefficient (Wildman–Crippen LogP) is 1.71. The van der Waals surface area contributed by atoms with Gasteiger partial charge in [0.1, 0.15) is 0 Å². The van der Waals surface area contributed by atoms with Gasteiger partial charge in [-0.05, 0) is 30.7 Å². The molecule has 1 aliphatic heterocycles. The number of nitrogens with zero attached hydrogens (tertiary/aromatic N) is 1. The summed E-state index contributed by atoms with van der Waals surface area (Å²) in [6.45, 7) is 3.99. The monoisotopic (exact) mass is 288 g/mol. The van der Waals surface area contributed by atoms with Gasteiger partial charge in [-0.15, -0.1) is 0 Å². The first-order valence-electron chi connectivity index (χ1n) is 6.04. The molecule has 0 amide bonds.